The molecule has 1 unspecified atom stereocenters. The molecule has 1 amide bonds. The summed E-state index contributed by atoms with van der Waals surface area (Å²) in [4.78, 5) is 13.7. The average Bonchev–Trinajstić information content (AvgIpc) is 2.26. The number of carbonyl (C=O) groups is 1. The molecule has 1 atom stereocenters. The molecule has 1 aliphatic heterocycles. The van der Waals surface area contributed by atoms with Crippen LogP contribution in [0, 0.1) is 0 Å². The molecule has 86 valence electrons. The molecular formula is C13H18N2O. The molecule has 1 aromatic carbocycles. The molecule has 2 N–H and O–H groups in total. The van der Waals surface area contributed by atoms with E-state index in [-0.39, 0.29) is 5.91 Å². The minimum Gasteiger partial charge on any atom is -0.399 e. The number of rotatable bonds is 2. The maximum absolute atomic E-state index is 11.8. The van der Waals surface area contributed by atoms with E-state index in [0.717, 1.165) is 24.1 Å². The van der Waals surface area contributed by atoms with E-state index in [1.165, 1.54) is 0 Å². The molecule has 1 aromatic rings. The number of carbonyl (C=O) groups excluding carboxylic acids is 1. The highest BCUT2D eigenvalue weighted by Gasteiger charge is 2.24. The van der Waals surface area contributed by atoms with Crippen molar-refractivity contribution >= 4 is 11.6 Å². The van der Waals surface area contributed by atoms with Crippen molar-refractivity contribution in [2.45, 2.75) is 38.8 Å². The third-order valence-electron chi connectivity index (χ3n) is 3.20. The minimum atomic E-state index is 0.274. The smallest absolute Gasteiger partial charge is 0.223 e. The summed E-state index contributed by atoms with van der Waals surface area (Å²) in [5.41, 5.74) is 7.55. The van der Waals surface area contributed by atoms with Gasteiger partial charge in [-0.1, -0.05) is 12.1 Å². The Hall–Kier alpha value is -1.51. The SMILES string of the molecule is CC1CCCC(=O)N1Cc1ccc(N)cc1. The van der Waals surface area contributed by atoms with Gasteiger partial charge < -0.3 is 10.6 Å². The van der Waals surface area contributed by atoms with E-state index in [4.69, 9.17) is 5.73 Å². The fraction of sp³-hybridized carbons (Fsp3) is 0.462. The lowest BCUT2D eigenvalue weighted by atomic mass is 10.0. The van der Waals surface area contributed by atoms with Crippen LogP contribution in [0.4, 0.5) is 5.69 Å². The van der Waals surface area contributed by atoms with Gasteiger partial charge in [-0.05, 0) is 37.5 Å². The Kier molecular flexibility index (Phi) is 3.13. The van der Waals surface area contributed by atoms with Crippen molar-refractivity contribution in [3.05, 3.63) is 29.8 Å². The number of nitrogens with zero attached hydrogens (tertiary/aromatic N) is 1. The Morgan fingerprint density at radius 1 is 1.38 bits per heavy atom. The van der Waals surface area contributed by atoms with Crippen LogP contribution in [-0.2, 0) is 11.3 Å². The van der Waals surface area contributed by atoms with Gasteiger partial charge in [-0.2, -0.15) is 0 Å². The number of hydrogen-bond acceptors (Lipinski definition) is 2. The molecular weight excluding hydrogens is 200 g/mol. The van der Waals surface area contributed by atoms with Crippen LogP contribution in [0.5, 0.6) is 0 Å². The van der Waals surface area contributed by atoms with Crippen molar-refractivity contribution in [2.24, 2.45) is 0 Å². The van der Waals surface area contributed by atoms with Crippen molar-refractivity contribution in [3.63, 3.8) is 0 Å². The first-order valence-corrected chi connectivity index (χ1v) is 5.80. The maximum atomic E-state index is 11.8. The maximum Gasteiger partial charge on any atom is 0.223 e. The molecule has 16 heavy (non-hydrogen) atoms. The predicted octanol–water partition coefficient (Wildman–Crippen LogP) is 2.17. The van der Waals surface area contributed by atoms with Crippen LogP contribution in [0.25, 0.3) is 0 Å². The van der Waals surface area contributed by atoms with E-state index in [2.05, 4.69) is 6.92 Å². The van der Waals surface area contributed by atoms with Gasteiger partial charge in [-0.3, -0.25) is 4.79 Å². The zero-order valence-corrected chi connectivity index (χ0v) is 9.65. The monoisotopic (exact) mass is 218 g/mol. The Morgan fingerprint density at radius 3 is 2.69 bits per heavy atom. The molecule has 1 fully saturated rings. The van der Waals surface area contributed by atoms with Crippen molar-refractivity contribution in [3.8, 4) is 0 Å². The lowest BCUT2D eigenvalue weighted by Gasteiger charge is -2.33. The topological polar surface area (TPSA) is 46.3 Å². The van der Waals surface area contributed by atoms with Crippen LogP contribution in [0.3, 0.4) is 0 Å². The number of nitrogen functional groups attached to an aromatic ring is 1. The zero-order valence-electron chi connectivity index (χ0n) is 9.65. The molecule has 1 heterocycles. The molecule has 0 saturated carbocycles. The van der Waals surface area contributed by atoms with Crippen LogP contribution < -0.4 is 5.73 Å². The van der Waals surface area contributed by atoms with Gasteiger partial charge in [0.25, 0.3) is 0 Å². The van der Waals surface area contributed by atoms with Gasteiger partial charge >= 0.3 is 0 Å². The number of hydrogen-bond donors (Lipinski definition) is 1. The second kappa shape index (κ2) is 4.56. The molecule has 2 rings (SSSR count). The minimum absolute atomic E-state index is 0.274. The first-order valence-electron chi connectivity index (χ1n) is 5.80. The lowest BCUT2D eigenvalue weighted by molar-refractivity contribution is -0.136. The fourth-order valence-corrected chi connectivity index (χ4v) is 2.16. The molecule has 1 saturated heterocycles. The van der Waals surface area contributed by atoms with Crippen LogP contribution in [0.2, 0.25) is 0 Å². The normalized spacial score (nSPS) is 21.2. The van der Waals surface area contributed by atoms with Gasteiger partial charge in [0, 0.05) is 24.7 Å². The molecule has 0 aromatic heterocycles. The lowest BCUT2D eigenvalue weighted by Crippen LogP contribution is -2.41. The molecule has 3 heteroatoms. The van der Waals surface area contributed by atoms with E-state index >= 15 is 0 Å². The summed E-state index contributed by atoms with van der Waals surface area (Å²) in [6.45, 7) is 2.83. The molecule has 0 spiro atoms. The molecule has 1 aliphatic rings. The van der Waals surface area contributed by atoms with Gasteiger partial charge in [0.2, 0.25) is 5.91 Å². The number of benzene rings is 1. The van der Waals surface area contributed by atoms with Crippen molar-refractivity contribution in [1.29, 1.82) is 0 Å². The number of amides is 1. The highest BCUT2D eigenvalue weighted by atomic mass is 16.2. The highest BCUT2D eigenvalue weighted by Crippen LogP contribution is 2.20. The van der Waals surface area contributed by atoms with Crippen LogP contribution >= 0.6 is 0 Å². The molecule has 3 nitrogen and oxygen atoms in total. The van der Waals surface area contributed by atoms with E-state index in [0.29, 0.717) is 19.0 Å². The van der Waals surface area contributed by atoms with E-state index in [1.54, 1.807) is 0 Å². The summed E-state index contributed by atoms with van der Waals surface area (Å²) in [6.07, 6.45) is 2.83. The van der Waals surface area contributed by atoms with Gasteiger partial charge in [0.15, 0.2) is 0 Å². The Labute approximate surface area is 96.2 Å². The molecule has 0 radical (unpaired) electrons. The van der Waals surface area contributed by atoms with Crippen LogP contribution in [0.15, 0.2) is 24.3 Å². The van der Waals surface area contributed by atoms with Crippen LogP contribution in [0.1, 0.15) is 31.7 Å². The number of piperidine rings is 1. The number of anilines is 1. The van der Waals surface area contributed by atoms with Crippen molar-refractivity contribution < 1.29 is 4.79 Å². The van der Waals surface area contributed by atoms with Gasteiger partial charge in [-0.25, -0.2) is 0 Å². The van der Waals surface area contributed by atoms with Gasteiger partial charge in [0.1, 0.15) is 0 Å². The number of nitrogens with two attached hydrogens (primary N) is 1. The molecule has 0 bridgehead atoms. The second-order valence-corrected chi connectivity index (χ2v) is 4.50. The first kappa shape index (κ1) is 11.0. The Morgan fingerprint density at radius 2 is 2.06 bits per heavy atom. The fourth-order valence-electron chi connectivity index (χ4n) is 2.16. The zero-order chi connectivity index (χ0) is 11.5. The summed E-state index contributed by atoms with van der Waals surface area (Å²) < 4.78 is 0. The van der Waals surface area contributed by atoms with Gasteiger partial charge in [-0.15, -0.1) is 0 Å². The largest absolute Gasteiger partial charge is 0.399 e. The van der Waals surface area contributed by atoms with Crippen LogP contribution in [-0.4, -0.2) is 16.8 Å². The summed E-state index contributed by atoms with van der Waals surface area (Å²) >= 11 is 0. The second-order valence-electron chi connectivity index (χ2n) is 4.50. The highest BCUT2D eigenvalue weighted by molar-refractivity contribution is 5.77. The first-order chi connectivity index (χ1) is 7.66. The molecule has 0 aliphatic carbocycles. The van der Waals surface area contributed by atoms with Crippen molar-refractivity contribution in [1.82, 2.24) is 4.90 Å². The quantitative estimate of drug-likeness (QED) is 0.773. The van der Waals surface area contributed by atoms with Crippen molar-refractivity contribution in [2.75, 3.05) is 5.73 Å². The Bertz CT molecular complexity index is 372. The van der Waals surface area contributed by atoms with E-state index in [1.807, 2.05) is 29.2 Å². The van der Waals surface area contributed by atoms with Gasteiger partial charge in [0.05, 0.1) is 0 Å². The van der Waals surface area contributed by atoms with E-state index < -0.39 is 0 Å². The summed E-state index contributed by atoms with van der Waals surface area (Å²) in [6, 6.07) is 8.11. The third kappa shape index (κ3) is 2.35. The summed E-state index contributed by atoms with van der Waals surface area (Å²) in [7, 11) is 0. The third-order valence-corrected chi connectivity index (χ3v) is 3.20. The van der Waals surface area contributed by atoms with E-state index in [9.17, 15) is 4.79 Å². The predicted molar refractivity (Wildman–Crippen MR) is 64.7 cm³/mol. The number of likely N-dealkylation sites (tertiary alicyclic amines) is 1. The summed E-state index contributed by atoms with van der Waals surface area (Å²) in [5, 5.41) is 0. The summed E-state index contributed by atoms with van der Waals surface area (Å²) in [5.74, 6) is 0.274. The Balaban J connectivity index is 2.07. The average molecular weight is 218 g/mol. The standard InChI is InChI=1S/C13H18N2O/c1-10-3-2-4-13(16)15(10)9-11-5-7-12(14)8-6-11/h5-8,10H,2-4,9,14H2,1H3.